The van der Waals surface area contributed by atoms with Crippen molar-refractivity contribution in [3.05, 3.63) is 34.3 Å². The molecule has 0 aliphatic carbocycles. The third-order valence-corrected chi connectivity index (χ3v) is 3.97. The molecule has 0 bridgehead atoms. The normalized spacial score (nSPS) is 13.6. The van der Waals surface area contributed by atoms with Crippen LogP contribution in [0, 0.1) is 0 Å². The molecule has 4 N–H and O–H groups in total. The SMILES string of the molecule is Nc1cc(N)nc(SCc2cc(Cl)cc3c2OCOC3)n1. The van der Waals surface area contributed by atoms with E-state index in [2.05, 4.69) is 9.97 Å². The van der Waals surface area contributed by atoms with Crippen LogP contribution in [-0.4, -0.2) is 16.8 Å². The maximum atomic E-state index is 6.12. The second-order valence-electron chi connectivity index (χ2n) is 4.45. The van der Waals surface area contributed by atoms with Crippen molar-refractivity contribution in [2.45, 2.75) is 17.5 Å². The van der Waals surface area contributed by atoms with Crippen molar-refractivity contribution in [2.24, 2.45) is 0 Å². The summed E-state index contributed by atoms with van der Waals surface area (Å²) in [5, 5.41) is 1.17. The highest BCUT2D eigenvalue weighted by Crippen LogP contribution is 2.35. The van der Waals surface area contributed by atoms with Crippen LogP contribution in [-0.2, 0) is 17.1 Å². The molecule has 0 saturated heterocycles. The molecule has 0 atom stereocenters. The molecule has 2 heterocycles. The topological polar surface area (TPSA) is 96.3 Å². The Morgan fingerprint density at radius 1 is 1.19 bits per heavy atom. The van der Waals surface area contributed by atoms with E-state index in [0.29, 0.717) is 34.2 Å². The van der Waals surface area contributed by atoms with Crippen molar-refractivity contribution in [3.8, 4) is 5.75 Å². The average Bonchev–Trinajstić information content (AvgIpc) is 2.43. The van der Waals surface area contributed by atoms with Gasteiger partial charge in [0.1, 0.15) is 17.4 Å². The van der Waals surface area contributed by atoms with Gasteiger partial charge in [-0.2, -0.15) is 0 Å². The van der Waals surface area contributed by atoms with Crippen molar-refractivity contribution in [3.63, 3.8) is 0 Å². The third-order valence-electron chi connectivity index (χ3n) is 2.85. The van der Waals surface area contributed by atoms with E-state index >= 15 is 0 Å². The number of hydrogen-bond acceptors (Lipinski definition) is 7. The van der Waals surface area contributed by atoms with Crippen LogP contribution in [0.4, 0.5) is 11.6 Å². The molecule has 0 unspecified atom stereocenters. The van der Waals surface area contributed by atoms with Gasteiger partial charge in [0.05, 0.1) is 6.61 Å². The molecule has 1 aliphatic rings. The maximum absolute atomic E-state index is 6.12. The molecular weight excluding hydrogens is 312 g/mol. The molecule has 0 saturated carbocycles. The molecule has 1 aromatic carbocycles. The molecule has 110 valence electrons. The van der Waals surface area contributed by atoms with Gasteiger partial charge in [-0.3, -0.25) is 0 Å². The van der Waals surface area contributed by atoms with Crippen molar-refractivity contribution in [1.82, 2.24) is 9.97 Å². The standard InChI is InChI=1S/C13H13ClN4O2S/c14-9-1-7-4-19-6-20-12(7)8(2-9)5-21-13-17-10(15)3-11(16)18-13/h1-3H,4-6H2,(H4,15,16,17,18). The first kappa shape index (κ1) is 14.2. The number of hydrogen-bond donors (Lipinski definition) is 2. The smallest absolute Gasteiger partial charge is 0.191 e. The highest BCUT2D eigenvalue weighted by Gasteiger charge is 2.17. The van der Waals surface area contributed by atoms with E-state index in [0.717, 1.165) is 16.9 Å². The van der Waals surface area contributed by atoms with Crippen LogP contribution in [0.1, 0.15) is 11.1 Å². The van der Waals surface area contributed by atoms with E-state index in [1.165, 1.54) is 17.8 Å². The Balaban J connectivity index is 1.83. The summed E-state index contributed by atoms with van der Waals surface area (Å²) in [6.45, 7) is 0.739. The van der Waals surface area contributed by atoms with E-state index in [4.69, 9.17) is 32.5 Å². The predicted octanol–water partition coefficient (Wildman–Crippen LogP) is 2.45. The van der Waals surface area contributed by atoms with Crippen LogP contribution in [0.25, 0.3) is 0 Å². The van der Waals surface area contributed by atoms with E-state index in [9.17, 15) is 0 Å². The van der Waals surface area contributed by atoms with Gasteiger partial charge in [0.2, 0.25) is 0 Å². The molecular formula is C13H13ClN4O2S. The number of ether oxygens (including phenoxy) is 2. The molecule has 0 fully saturated rings. The molecule has 0 amide bonds. The first-order chi connectivity index (χ1) is 10.1. The summed E-state index contributed by atoms with van der Waals surface area (Å²) in [5.74, 6) is 2.12. The Labute approximate surface area is 130 Å². The molecule has 21 heavy (non-hydrogen) atoms. The fourth-order valence-electron chi connectivity index (χ4n) is 2.03. The lowest BCUT2D eigenvalue weighted by Crippen LogP contribution is -2.13. The summed E-state index contributed by atoms with van der Waals surface area (Å²) >= 11 is 7.54. The van der Waals surface area contributed by atoms with Gasteiger partial charge in [-0.25, -0.2) is 9.97 Å². The van der Waals surface area contributed by atoms with Crippen LogP contribution >= 0.6 is 23.4 Å². The Kier molecular flexibility index (Phi) is 4.05. The number of anilines is 2. The van der Waals surface area contributed by atoms with E-state index in [1.54, 1.807) is 0 Å². The zero-order chi connectivity index (χ0) is 14.8. The minimum atomic E-state index is 0.244. The molecule has 3 rings (SSSR count). The average molecular weight is 325 g/mol. The lowest BCUT2D eigenvalue weighted by molar-refractivity contribution is -0.0168. The number of rotatable bonds is 3. The van der Waals surface area contributed by atoms with E-state index in [-0.39, 0.29) is 6.79 Å². The first-order valence-corrected chi connectivity index (χ1v) is 7.53. The van der Waals surface area contributed by atoms with Crippen molar-refractivity contribution >= 4 is 35.0 Å². The fourth-order valence-corrected chi connectivity index (χ4v) is 3.14. The Morgan fingerprint density at radius 2 is 1.95 bits per heavy atom. The van der Waals surface area contributed by atoms with Gasteiger partial charge in [-0.15, -0.1) is 0 Å². The van der Waals surface area contributed by atoms with Crippen LogP contribution in [0.5, 0.6) is 5.75 Å². The fraction of sp³-hybridized carbons (Fsp3) is 0.231. The quantitative estimate of drug-likeness (QED) is 0.661. The van der Waals surface area contributed by atoms with Crippen LogP contribution < -0.4 is 16.2 Å². The summed E-state index contributed by atoms with van der Waals surface area (Å²) < 4.78 is 10.8. The zero-order valence-electron chi connectivity index (χ0n) is 11.0. The van der Waals surface area contributed by atoms with Gasteiger partial charge in [0.15, 0.2) is 11.9 Å². The Morgan fingerprint density at radius 3 is 2.71 bits per heavy atom. The van der Waals surface area contributed by atoms with Gasteiger partial charge in [-0.05, 0) is 12.1 Å². The van der Waals surface area contributed by atoms with Gasteiger partial charge < -0.3 is 20.9 Å². The molecule has 8 heteroatoms. The first-order valence-electron chi connectivity index (χ1n) is 6.16. The molecule has 0 spiro atoms. The number of thioether (sulfide) groups is 1. The van der Waals surface area contributed by atoms with Crippen molar-refractivity contribution < 1.29 is 9.47 Å². The summed E-state index contributed by atoms with van der Waals surface area (Å²) in [6, 6.07) is 5.24. The summed E-state index contributed by atoms with van der Waals surface area (Å²) in [4.78, 5) is 8.27. The molecule has 1 aliphatic heterocycles. The highest BCUT2D eigenvalue weighted by atomic mass is 35.5. The molecule has 2 aromatic rings. The number of benzene rings is 1. The third kappa shape index (κ3) is 3.31. The summed E-state index contributed by atoms with van der Waals surface area (Å²) in [7, 11) is 0. The van der Waals surface area contributed by atoms with Crippen LogP contribution in [0.15, 0.2) is 23.4 Å². The van der Waals surface area contributed by atoms with Gasteiger partial charge in [-0.1, -0.05) is 23.4 Å². The van der Waals surface area contributed by atoms with Crippen LogP contribution in [0.2, 0.25) is 5.02 Å². The number of fused-ring (bicyclic) bond motifs is 1. The maximum Gasteiger partial charge on any atom is 0.191 e. The number of halogens is 1. The van der Waals surface area contributed by atoms with Crippen molar-refractivity contribution in [1.29, 1.82) is 0 Å². The number of aromatic nitrogens is 2. The van der Waals surface area contributed by atoms with E-state index in [1.807, 2.05) is 12.1 Å². The van der Waals surface area contributed by atoms with Crippen LogP contribution in [0.3, 0.4) is 0 Å². The second-order valence-corrected chi connectivity index (χ2v) is 5.83. The number of nitrogens with two attached hydrogens (primary N) is 2. The minimum Gasteiger partial charge on any atom is -0.467 e. The lowest BCUT2D eigenvalue weighted by Gasteiger charge is -2.20. The molecule has 6 nitrogen and oxygen atoms in total. The predicted molar refractivity (Wildman–Crippen MR) is 82.2 cm³/mol. The lowest BCUT2D eigenvalue weighted by atomic mass is 10.1. The monoisotopic (exact) mass is 324 g/mol. The zero-order valence-corrected chi connectivity index (χ0v) is 12.6. The molecule has 1 aromatic heterocycles. The number of nitrogens with zero attached hydrogens (tertiary/aromatic N) is 2. The van der Waals surface area contributed by atoms with Crippen molar-refractivity contribution in [2.75, 3.05) is 18.3 Å². The Hall–Kier alpha value is -1.70. The Bertz CT molecular complexity index is 663. The summed E-state index contributed by atoms with van der Waals surface area (Å²) in [5.41, 5.74) is 13.2. The van der Waals surface area contributed by atoms with Gasteiger partial charge in [0.25, 0.3) is 0 Å². The van der Waals surface area contributed by atoms with Gasteiger partial charge >= 0.3 is 0 Å². The molecule has 0 radical (unpaired) electrons. The minimum absolute atomic E-state index is 0.244. The number of nitrogen functional groups attached to an aromatic ring is 2. The second kappa shape index (κ2) is 5.97. The summed E-state index contributed by atoms with van der Waals surface area (Å²) in [6.07, 6.45) is 0. The van der Waals surface area contributed by atoms with E-state index < -0.39 is 0 Å². The van der Waals surface area contributed by atoms with Gasteiger partial charge in [0, 0.05) is 28.0 Å². The largest absolute Gasteiger partial charge is 0.467 e. The highest BCUT2D eigenvalue weighted by molar-refractivity contribution is 7.98.